The number of nitrogens with zero attached hydrogens (tertiary/aromatic N) is 3. The monoisotopic (exact) mass is 503 g/mol. The zero-order chi connectivity index (χ0) is 25.8. The fraction of sp³-hybridized carbons (Fsp3) is 0. The number of pyridine rings is 2. The average Bonchev–Trinajstić information content (AvgIpc) is 3.53. The van der Waals surface area contributed by atoms with Crippen LogP contribution in [-0.2, 0) is 0 Å². The quantitative estimate of drug-likeness (QED) is 0.241. The summed E-state index contributed by atoms with van der Waals surface area (Å²) in [6, 6.07) is 38.5. The van der Waals surface area contributed by atoms with Gasteiger partial charge in [-0.2, -0.15) is 0 Å². The molecule has 0 unspecified atom stereocenters. The van der Waals surface area contributed by atoms with Crippen molar-refractivity contribution in [2.45, 2.75) is 0 Å². The minimum Gasteiger partial charge on any atom is -0.457 e. The third-order valence-electron chi connectivity index (χ3n) is 7.15. The van der Waals surface area contributed by atoms with Gasteiger partial charge in [-0.25, -0.2) is 4.98 Å². The minimum absolute atomic E-state index is 0.738. The molecule has 0 aliphatic rings. The van der Waals surface area contributed by atoms with Gasteiger partial charge in [0.25, 0.3) is 0 Å². The van der Waals surface area contributed by atoms with E-state index in [4.69, 9.17) is 9.15 Å². The van der Waals surface area contributed by atoms with E-state index >= 15 is 0 Å². The lowest BCUT2D eigenvalue weighted by Crippen LogP contribution is -1.96. The third-order valence-corrected chi connectivity index (χ3v) is 7.15. The van der Waals surface area contributed by atoms with E-state index in [9.17, 15) is 0 Å². The highest BCUT2D eigenvalue weighted by Crippen LogP contribution is 2.41. The molecular formula is C34H21N3O2. The van der Waals surface area contributed by atoms with Gasteiger partial charge < -0.3 is 9.15 Å². The molecule has 0 aliphatic heterocycles. The molecule has 8 aromatic rings. The summed E-state index contributed by atoms with van der Waals surface area (Å²) in [6.07, 6.45) is 3.61. The highest BCUT2D eigenvalue weighted by Gasteiger charge is 2.19. The Balaban J connectivity index is 1.34. The Morgan fingerprint density at radius 3 is 2.28 bits per heavy atom. The predicted octanol–water partition coefficient (Wildman–Crippen LogP) is 8.93. The molecule has 0 bridgehead atoms. The van der Waals surface area contributed by atoms with Crippen molar-refractivity contribution in [3.05, 3.63) is 128 Å². The van der Waals surface area contributed by atoms with Gasteiger partial charge in [-0.1, -0.05) is 42.5 Å². The summed E-state index contributed by atoms with van der Waals surface area (Å²) < 4.78 is 15.0. The lowest BCUT2D eigenvalue weighted by atomic mass is 10.1. The van der Waals surface area contributed by atoms with Crippen molar-refractivity contribution in [2.75, 3.05) is 0 Å². The molecule has 0 radical (unpaired) electrons. The number of fused-ring (bicyclic) bond motifs is 7. The van der Waals surface area contributed by atoms with E-state index in [1.54, 1.807) is 6.20 Å². The van der Waals surface area contributed by atoms with E-state index in [1.165, 1.54) is 0 Å². The average molecular weight is 504 g/mol. The Kier molecular flexibility index (Phi) is 4.76. The van der Waals surface area contributed by atoms with Gasteiger partial charge in [0, 0.05) is 40.2 Å². The molecule has 4 aromatic heterocycles. The summed E-state index contributed by atoms with van der Waals surface area (Å²) >= 11 is 0. The Morgan fingerprint density at radius 2 is 1.41 bits per heavy atom. The van der Waals surface area contributed by atoms with Gasteiger partial charge in [-0.15, -0.1) is 0 Å². The summed E-state index contributed by atoms with van der Waals surface area (Å²) in [5.74, 6) is 2.32. The van der Waals surface area contributed by atoms with Gasteiger partial charge in [0.2, 0.25) is 0 Å². The first-order chi connectivity index (χ1) is 19.3. The first kappa shape index (κ1) is 21.6. The first-order valence-corrected chi connectivity index (χ1v) is 12.8. The normalized spacial score (nSPS) is 11.6. The van der Waals surface area contributed by atoms with Gasteiger partial charge in [0.05, 0.1) is 22.1 Å². The van der Waals surface area contributed by atoms with Crippen molar-refractivity contribution >= 4 is 43.7 Å². The molecule has 8 rings (SSSR count). The smallest absolute Gasteiger partial charge is 0.145 e. The molecule has 0 atom stereocenters. The molecule has 4 heterocycles. The molecule has 0 N–H and O–H groups in total. The Morgan fingerprint density at radius 1 is 0.590 bits per heavy atom. The van der Waals surface area contributed by atoms with E-state index in [1.807, 2.05) is 91.1 Å². The van der Waals surface area contributed by atoms with Crippen molar-refractivity contribution in [2.24, 2.45) is 0 Å². The molecule has 0 aliphatic carbocycles. The summed E-state index contributed by atoms with van der Waals surface area (Å²) in [4.78, 5) is 9.16. The molecule has 184 valence electrons. The summed E-state index contributed by atoms with van der Waals surface area (Å²) in [5.41, 5.74) is 5.70. The van der Waals surface area contributed by atoms with E-state index in [0.717, 1.165) is 72.3 Å². The second-order valence-electron chi connectivity index (χ2n) is 9.48. The number of furan rings is 1. The highest BCUT2D eigenvalue weighted by atomic mass is 16.5. The molecule has 0 saturated heterocycles. The van der Waals surface area contributed by atoms with Crippen LogP contribution in [0.3, 0.4) is 0 Å². The summed E-state index contributed by atoms with van der Waals surface area (Å²) in [5, 5.41) is 4.36. The largest absolute Gasteiger partial charge is 0.457 e. The second kappa shape index (κ2) is 8.57. The lowest BCUT2D eigenvalue weighted by Gasteiger charge is -2.10. The Hall–Kier alpha value is -5.42. The Bertz CT molecular complexity index is 2140. The van der Waals surface area contributed by atoms with Crippen LogP contribution >= 0.6 is 0 Å². The van der Waals surface area contributed by atoms with Crippen molar-refractivity contribution in [3.63, 3.8) is 0 Å². The standard InChI is InChI=1S/C34H21N3O2/c1-2-12-31-25(10-1)26-16-17-29-33(34(26)39-31)27-15-14-24(21-30(27)37(29)32-13-4-6-19-36-32)38-23-9-7-8-22(20-23)28-11-3-5-18-35-28/h1-21H. The topological polar surface area (TPSA) is 53.1 Å². The van der Waals surface area contributed by atoms with E-state index < -0.39 is 0 Å². The van der Waals surface area contributed by atoms with Crippen LogP contribution in [0.15, 0.2) is 132 Å². The number of aromatic nitrogens is 3. The van der Waals surface area contributed by atoms with Crippen LogP contribution < -0.4 is 4.74 Å². The molecule has 0 fully saturated rings. The summed E-state index contributed by atoms with van der Waals surface area (Å²) in [7, 11) is 0. The maximum atomic E-state index is 6.43. The van der Waals surface area contributed by atoms with Crippen LogP contribution in [0.5, 0.6) is 11.5 Å². The molecule has 0 amide bonds. The van der Waals surface area contributed by atoms with Gasteiger partial charge in [-0.05, 0) is 66.7 Å². The van der Waals surface area contributed by atoms with Crippen LogP contribution in [-0.4, -0.2) is 14.5 Å². The fourth-order valence-corrected chi connectivity index (χ4v) is 5.45. The maximum absolute atomic E-state index is 6.43. The van der Waals surface area contributed by atoms with Crippen LogP contribution in [0.1, 0.15) is 0 Å². The van der Waals surface area contributed by atoms with Gasteiger partial charge in [-0.3, -0.25) is 9.55 Å². The fourth-order valence-electron chi connectivity index (χ4n) is 5.45. The van der Waals surface area contributed by atoms with Crippen LogP contribution in [0.25, 0.3) is 60.8 Å². The second-order valence-corrected chi connectivity index (χ2v) is 9.48. The molecule has 5 nitrogen and oxygen atoms in total. The first-order valence-electron chi connectivity index (χ1n) is 12.8. The molecule has 0 spiro atoms. The van der Waals surface area contributed by atoms with Gasteiger partial charge in [0.15, 0.2) is 0 Å². The van der Waals surface area contributed by atoms with Gasteiger partial charge >= 0.3 is 0 Å². The number of benzene rings is 4. The molecule has 4 aromatic carbocycles. The number of ether oxygens (including phenoxy) is 1. The third kappa shape index (κ3) is 3.48. The SMILES string of the molecule is c1ccc(-c2cccc(Oc3ccc4c5c6oc7ccccc7c6ccc5n(-c5ccccn5)c4c3)c2)nc1. The van der Waals surface area contributed by atoms with Crippen molar-refractivity contribution in [1.82, 2.24) is 14.5 Å². The zero-order valence-electron chi connectivity index (χ0n) is 20.8. The Labute approximate surface area is 223 Å². The molecular weight excluding hydrogens is 482 g/mol. The maximum Gasteiger partial charge on any atom is 0.145 e. The van der Waals surface area contributed by atoms with E-state index in [0.29, 0.717) is 0 Å². The zero-order valence-corrected chi connectivity index (χ0v) is 20.8. The van der Waals surface area contributed by atoms with E-state index in [-0.39, 0.29) is 0 Å². The molecule has 0 saturated carbocycles. The molecule has 5 heteroatoms. The number of rotatable bonds is 4. The number of hydrogen-bond acceptors (Lipinski definition) is 4. The lowest BCUT2D eigenvalue weighted by molar-refractivity contribution is 0.483. The van der Waals surface area contributed by atoms with Crippen molar-refractivity contribution in [3.8, 4) is 28.6 Å². The number of para-hydroxylation sites is 1. The van der Waals surface area contributed by atoms with Crippen LogP contribution in [0.2, 0.25) is 0 Å². The summed E-state index contributed by atoms with van der Waals surface area (Å²) in [6.45, 7) is 0. The minimum atomic E-state index is 0.738. The highest BCUT2D eigenvalue weighted by molar-refractivity contribution is 6.23. The van der Waals surface area contributed by atoms with Crippen molar-refractivity contribution in [1.29, 1.82) is 0 Å². The van der Waals surface area contributed by atoms with Gasteiger partial charge in [0.1, 0.15) is 28.5 Å². The molecule has 39 heavy (non-hydrogen) atoms. The van der Waals surface area contributed by atoms with Crippen LogP contribution in [0.4, 0.5) is 0 Å². The van der Waals surface area contributed by atoms with Crippen LogP contribution in [0, 0.1) is 0 Å². The van der Waals surface area contributed by atoms with Crippen molar-refractivity contribution < 1.29 is 9.15 Å². The number of hydrogen-bond donors (Lipinski definition) is 0. The van der Waals surface area contributed by atoms with E-state index in [2.05, 4.69) is 44.9 Å². The predicted molar refractivity (Wildman–Crippen MR) is 156 cm³/mol.